The highest BCUT2D eigenvalue weighted by atomic mass is 35.5. The lowest BCUT2D eigenvalue weighted by Crippen LogP contribution is -2.02. The van der Waals surface area contributed by atoms with Gasteiger partial charge in [0.05, 0.1) is 21.3 Å². The lowest BCUT2D eigenvalue weighted by Gasteiger charge is -2.11. The zero-order valence-electron chi connectivity index (χ0n) is 9.82. The third kappa shape index (κ3) is 1.76. The molecule has 0 radical (unpaired) electrons. The fourth-order valence-corrected chi connectivity index (χ4v) is 2.51. The average molecular weight is 283 g/mol. The number of anilines is 1. The van der Waals surface area contributed by atoms with Crippen molar-refractivity contribution >= 4 is 28.9 Å². The molecule has 1 aromatic carbocycles. The maximum atomic E-state index is 6.22. The quantitative estimate of drug-likeness (QED) is 0.858. The van der Waals surface area contributed by atoms with E-state index in [0.717, 1.165) is 18.7 Å². The summed E-state index contributed by atoms with van der Waals surface area (Å²) in [6.45, 7) is 1.93. The summed E-state index contributed by atoms with van der Waals surface area (Å²) in [7, 11) is 0. The maximum absolute atomic E-state index is 6.22. The SMILES string of the molecule is Cc1nnc(-c2c(Cl)ccc(Cl)c2N)n1C1CC1. The van der Waals surface area contributed by atoms with E-state index < -0.39 is 0 Å². The molecule has 0 aliphatic heterocycles. The van der Waals surface area contributed by atoms with Crippen molar-refractivity contribution in [3.8, 4) is 11.4 Å². The zero-order chi connectivity index (χ0) is 12.9. The van der Waals surface area contributed by atoms with Gasteiger partial charge in [-0.2, -0.15) is 0 Å². The first-order valence-corrected chi connectivity index (χ1v) is 6.50. The van der Waals surface area contributed by atoms with Crippen molar-refractivity contribution < 1.29 is 0 Å². The van der Waals surface area contributed by atoms with Crippen molar-refractivity contribution in [3.05, 3.63) is 28.0 Å². The number of rotatable bonds is 2. The second-order valence-electron chi connectivity index (χ2n) is 4.49. The number of nitrogen functional groups attached to an aromatic ring is 1. The molecule has 0 spiro atoms. The Morgan fingerprint density at radius 3 is 2.56 bits per heavy atom. The third-order valence-corrected chi connectivity index (χ3v) is 3.79. The Morgan fingerprint density at radius 2 is 1.89 bits per heavy atom. The van der Waals surface area contributed by atoms with Gasteiger partial charge >= 0.3 is 0 Å². The van der Waals surface area contributed by atoms with E-state index in [2.05, 4.69) is 14.8 Å². The fraction of sp³-hybridized carbons (Fsp3) is 0.333. The Kier molecular flexibility index (Phi) is 2.72. The molecular formula is C12H12Cl2N4. The predicted molar refractivity (Wildman–Crippen MR) is 72.9 cm³/mol. The Labute approximate surface area is 115 Å². The first-order valence-electron chi connectivity index (χ1n) is 5.75. The smallest absolute Gasteiger partial charge is 0.167 e. The summed E-state index contributed by atoms with van der Waals surface area (Å²) in [6, 6.07) is 3.88. The summed E-state index contributed by atoms with van der Waals surface area (Å²) in [5, 5.41) is 9.35. The molecule has 1 aliphatic rings. The molecule has 4 nitrogen and oxygen atoms in total. The Bertz CT molecular complexity index is 617. The molecule has 0 bridgehead atoms. The van der Waals surface area contributed by atoms with Crippen molar-refractivity contribution in [1.29, 1.82) is 0 Å². The van der Waals surface area contributed by atoms with E-state index in [1.165, 1.54) is 0 Å². The van der Waals surface area contributed by atoms with Crippen LogP contribution in [0, 0.1) is 6.92 Å². The first kappa shape index (κ1) is 11.8. The van der Waals surface area contributed by atoms with Crippen LogP contribution in [0.25, 0.3) is 11.4 Å². The maximum Gasteiger partial charge on any atom is 0.167 e. The number of hydrogen-bond acceptors (Lipinski definition) is 3. The highest BCUT2D eigenvalue weighted by Crippen LogP contribution is 2.42. The van der Waals surface area contributed by atoms with E-state index in [9.17, 15) is 0 Å². The number of hydrogen-bond donors (Lipinski definition) is 1. The summed E-state index contributed by atoms with van der Waals surface area (Å²) < 4.78 is 2.09. The van der Waals surface area contributed by atoms with Gasteiger partial charge in [0.15, 0.2) is 5.82 Å². The normalized spacial score (nSPS) is 15.1. The van der Waals surface area contributed by atoms with E-state index in [0.29, 0.717) is 33.2 Å². The number of aryl methyl sites for hydroxylation is 1. The molecule has 0 atom stereocenters. The molecule has 1 aromatic heterocycles. The Balaban J connectivity index is 2.24. The molecule has 2 N–H and O–H groups in total. The molecule has 1 aliphatic carbocycles. The van der Waals surface area contributed by atoms with Crippen LogP contribution >= 0.6 is 23.2 Å². The van der Waals surface area contributed by atoms with Gasteiger partial charge in [-0.05, 0) is 31.9 Å². The van der Waals surface area contributed by atoms with E-state index in [1.54, 1.807) is 12.1 Å². The van der Waals surface area contributed by atoms with Crippen LogP contribution in [0.15, 0.2) is 12.1 Å². The number of halogens is 2. The minimum atomic E-state index is 0.457. The lowest BCUT2D eigenvalue weighted by atomic mass is 10.1. The average Bonchev–Trinajstić information content (AvgIpc) is 3.10. The van der Waals surface area contributed by atoms with Crippen LogP contribution in [0.2, 0.25) is 10.0 Å². The molecule has 0 amide bonds. The topological polar surface area (TPSA) is 56.7 Å². The second kappa shape index (κ2) is 4.14. The molecule has 94 valence electrons. The minimum Gasteiger partial charge on any atom is -0.397 e. The van der Waals surface area contributed by atoms with Gasteiger partial charge in [-0.15, -0.1) is 10.2 Å². The van der Waals surface area contributed by atoms with E-state index in [1.807, 2.05) is 6.92 Å². The van der Waals surface area contributed by atoms with Crippen molar-refractivity contribution in [3.63, 3.8) is 0 Å². The van der Waals surface area contributed by atoms with Gasteiger partial charge in [-0.1, -0.05) is 23.2 Å². The van der Waals surface area contributed by atoms with Gasteiger partial charge in [0.2, 0.25) is 0 Å². The largest absolute Gasteiger partial charge is 0.397 e. The highest BCUT2D eigenvalue weighted by Gasteiger charge is 2.30. The number of benzene rings is 1. The third-order valence-electron chi connectivity index (χ3n) is 3.14. The molecular weight excluding hydrogens is 271 g/mol. The van der Waals surface area contributed by atoms with Crippen LogP contribution < -0.4 is 5.73 Å². The number of nitrogens with zero attached hydrogens (tertiary/aromatic N) is 3. The van der Waals surface area contributed by atoms with Crippen molar-refractivity contribution in [2.24, 2.45) is 0 Å². The van der Waals surface area contributed by atoms with Crippen molar-refractivity contribution in [2.45, 2.75) is 25.8 Å². The monoisotopic (exact) mass is 282 g/mol. The molecule has 1 saturated carbocycles. The first-order chi connectivity index (χ1) is 8.59. The molecule has 0 saturated heterocycles. The minimum absolute atomic E-state index is 0.457. The van der Waals surface area contributed by atoms with Crippen LogP contribution in [-0.2, 0) is 0 Å². The summed E-state index contributed by atoms with van der Waals surface area (Å²) in [6.07, 6.45) is 2.29. The molecule has 0 unspecified atom stereocenters. The lowest BCUT2D eigenvalue weighted by molar-refractivity contribution is 0.717. The van der Waals surface area contributed by atoms with Crippen LogP contribution in [0.3, 0.4) is 0 Å². The Hall–Kier alpha value is -1.26. The predicted octanol–water partition coefficient (Wildman–Crippen LogP) is 3.48. The van der Waals surface area contributed by atoms with Crippen LogP contribution in [0.5, 0.6) is 0 Å². The van der Waals surface area contributed by atoms with Gasteiger partial charge in [0.1, 0.15) is 5.82 Å². The van der Waals surface area contributed by atoms with Crippen LogP contribution in [0.4, 0.5) is 5.69 Å². The van der Waals surface area contributed by atoms with Gasteiger partial charge in [0, 0.05) is 6.04 Å². The van der Waals surface area contributed by atoms with Gasteiger partial charge in [-0.25, -0.2) is 0 Å². The van der Waals surface area contributed by atoms with Crippen molar-refractivity contribution in [1.82, 2.24) is 14.8 Å². The van der Waals surface area contributed by atoms with E-state index in [-0.39, 0.29) is 0 Å². The van der Waals surface area contributed by atoms with Crippen LogP contribution in [0.1, 0.15) is 24.7 Å². The summed E-state index contributed by atoms with van der Waals surface area (Å²) in [4.78, 5) is 0. The van der Waals surface area contributed by atoms with Gasteiger partial charge in [0.25, 0.3) is 0 Å². The standard InChI is InChI=1S/C12H12Cl2N4/c1-6-16-17-12(18(6)7-2-3-7)10-8(13)4-5-9(14)11(10)15/h4-5,7H,2-3,15H2,1H3. The van der Waals surface area contributed by atoms with Crippen LogP contribution in [-0.4, -0.2) is 14.8 Å². The summed E-state index contributed by atoms with van der Waals surface area (Å²) in [5.41, 5.74) is 7.15. The number of aromatic nitrogens is 3. The molecule has 1 fully saturated rings. The highest BCUT2D eigenvalue weighted by molar-refractivity contribution is 6.37. The van der Waals surface area contributed by atoms with E-state index in [4.69, 9.17) is 28.9 Å². The zero-order valence-corrected chi connectivity index (χ0v) is 11.3. The molecule has 2 aromatic rings. The second-order valence-corrected chi connectivity index (χ2v) is 5.30. The Morgan fingerprint density at radius 1 is 1.22 bits per heavy atom. The van der Waals surface area contributed by atoms with E-state index >= 15 is 0 Å². The van der Waals surface area contributed by atoms with Gasteiger partial charge < -0.3 is 10.3 Å². The van der Waals surface area contributed by atoms with Gasteiger partial charge in [-0.3, -0.25) is 0 Å². The molecule has 3 rings (SSSR count). The number of nitrogens with two attached hydrogens (primary N) is 1. The summed E-state index contributed by atoms with van der Waals surface area (Å²) >= 11 is 12.3. The summed E-state index contributed by atoms with van der Waals surface area (Å²) in [5.74, 6) is 1.59. The molecule has 18 heavy (non-hydrogen) atoms. The fourth-order valence-electron chi connectivity index (χ4n) is 2.10. The van der Waals surface area contributed by atoms with Crippen molar-refractivity contribution in [2.75, 3.05) is 5.73 Å². The molecule has 6 heteroatoms. The molecule has 1 heterocycles.